The third kappa shape index (κ3) is 4.18. The van der Waals surface area contributed by atoms with Gasteiger partial charge < -0.3 is 0 Å². The van der Waals surface area contributed by atoms with Crippen LogP contribution in [0.15, 0.2) is 12.1 Å². The quantitative estimate of drug-likeness (QED) is 0.655. The van der Waals surface area contributed by atoms with Crippen molar-refractivity contribution in [3.05, 3.63) is 34.4 Å². The summed E-state index contributed by atoms with van der Waals surface area (Å²) in [4.78, 5) is 0. The molecule has 0 aromatic heterocycles. The lowest BCUT2D eigenvalue weighted by atomic mass is 9.92. The normalized spacial score (nSPS) is 11.9. The van der Waals surface area contributed by atoms with Crippen LogP contribution in [0.1, 0.15) is 35.1 Å². The lowest BCUT2D eigenvalue weighted by Gasteiger charge is -2.18. The summed E-state index contributed by atoms with van der Waals surface area (Å²) in [5.41, 5.74) is 0.0789. The first-order chi connectivity index (χ1) is 8.91. The lowest BCUT2D eigenvalue weighted by molar-refractivity contribution is -0.138. The van der Waals surface area contributed by atoms with Crippen molar-refractivity contribution >= 4 is 0 Å². The highest BCUT2D eigenvalue weighted by Gasteiger charge is 2.35. The van der Waals surface area contributed by atoms with Crippen LogP contribution in [-0.2, 0) is 19.0 Å². The van der Waals surface area contributed by atoms with Crippen LogP contribution in [0.3, 0.4) is 0 Å². The maximum Gasteiger partial charge on any atom is 0.416 e. The fourth-order valence-corrected chi connectivity index (χ4v) is 2.20. The van der Waals surface area contributed by atoms with E-state index in [1.165, 1.54) is 13.0 Å². The van der Waals surface area contributed by atoms with Gasteiger partial charge in [0.2, 0.25) is 0 Å². The first kappa shape index (κ1) is 15.9. The van der Waals surface area contributed by atoms with Crippen molar-refractivity contribution in [1.29, 1.82) is 0 Å². The Morgan fingerprint density at radius 3 is 1.84 bits per heavy atom. The molecule has 0 saturated heterocycles. The molecule has 0 heterocycles. The van der Waals surface area contributed by atoms with E-state index in [2.05, 4.69) is 0 Å². The molecule has 0 atom stereocenters. The van der Waals surface area contributed by atoms with Crippen LogP contribution < -0.4 is 0 Å². The molecule has 0 spiro atoms. The summed E-state index contributed by atoms with van der Waals surface area (Å²) in [5.74, 6) is 0. The molecule has 1 aromatic rings. The van der Waals surface area contributed by atoms with Gasteiger partial charge in [-0.15, -0.1) is 0 Å². The molecule has 0 aliphatic rings. The lowest BCUT2D eigenvalue weighted by Crippen LogP contribution is -2.13. The zero-order chi connectivity index (χ0) is 14.5. The van der Waals surface area contributed by atoms with E-state index in [-0.39, 0.29) is 36.8 Å². The Labute approximate surface area is 109 Å². The van der Waals surface area contributed by atoms with E-state index >= 15 is 0 Å². The molecule has 0 unspecified atom stereocenters. The van der Waals surface area contributed by atoms with Crippen LogP contribution in [0.2, 0.25) is 0 Å². The third-order valence-corrected chi connectivity index (χ3v) is 3.11. The maximum atomic E-state index is 13.1. The molecule has 1 rings (SSSR count). The Kier molecular flexibility index (Phi) is 5.76. The maximum absolute atomic E-state index is 13.1. The number of halogens is 5. The topological polar surface area (TPSA) is 0 Å². The van der Waals surface area contributed by atoms with E-state index in [0.717, 1.165) is 0 Å². The minimum atomic E-state index is -4.46. The molecule has 0 amide bonds. The molecule has 0 N–H and O–H groups in total. The summed E-state index contributed by atoms with van der Waals surface area (Å²) in [7, 11) is 0. The Morgan fingerprint density at radius 1 is 0.895 bits per heavy atom. The van der Waals surface area contributed by atoms with Gasteiger partial charge in [-0.05, 0) is 49.3 Å². The van der Waals surface area contributed by atoms with E-state index < -0.39 is 25.1 Å². The van der Waals surface area contributed by atoms with Crippen LogP contribution in [0.4, 0.5) is 22.0 Å². The van der Waals surface area contributed by atoms with Crippen molar-refractivity contribution in [2.45, 2.75) is 38.8 Å². The SMILES string of the molecule is Cc1c(CCCF)ccc(CCCF)c1C(F)(F)F. The summed E-state index contributed by atoms with van der Waals surface area (Å²) in [6.07, 6.45) is -3.82. The third-order valence-electron chi connectivity index (χ3n) is 3.11. The molecule has 0 aliphatic carbocycles. The molecule has 0 fully saturated rings. The van der Waals surface area contributed by atoms with E-state index in [0.29, 0.717) is 5.56 Å². The van der Waals surface area contributed by atoms with Gasteiger partial charge >= 0.3 is 6.18 Å². The number of alkyl halides is 5. The molecule has 0 nitrogen and oxygen atoms in total. The second-order valence-corrected chi connectivity index (χ2v) is 4.47. The van der Waals surface area contributed by atoms with Crippen LogP contribution >= 0.6 is 0 Å². The molecule has 0 saturated carbocycles. The van der Waals surface area contributed by atoms with Crippen LogP contribution in [-0.4, -0.2) is 13.3 Å². The number of hydrogen-bond donors (Lipinski definition) is 0. The molecule has 0 radical (unpaired) electrons. The highest BCUT2D eigenvalue weighted by molar-refractivity contribution is 5.42. The molecule has 0 aliphatic heterocycles. The highest BCUT2D eigenvalue weighted by atomic mass is 19.4. The van der Waals surface area contributed by atoms with Crippen molar-refractivity contribution in [1.82, 2.24) is 0 Å². The van der Waals surface area contributed by atoms with E-state index in [9.17, 15) is 22.0 Å². The molecule has 1 aromatic carbocycles. The number of rotatable bonds is 6. The molecule has 5 heteroatoms. The smallest absolute Gasteiger partial charge is 0.251 e. The first-order valence-corrected chi connectivity index (χ1v) is 6.22. The van der Waals surface area contributed by atoms with Gasteiger partial charge in [-0.25, -0.2) is 0 Å². The first-order valence-electron chi connectivity index (χ1n) is 6.22. The second-order valence-electron chi connectivity index (χ2n) is 4.47. The van der Waals surface area contributed by atoms with Gasteiger partial charge in [0.05, 0.1) is 18.9 Å². The summed E-state index contributed by atoms with van der Waals surface area (Å²) < 4.78 is 63.5. The number of aryl methyl sites for hydroxylation is 2. The average molecular weight is 280 g/mol. The van der Waals surface area contributed by atoms with Crippen LogP contribution in [0.25, 0.3) is 0 Å². The van der Waals surface area contributed by atoms with Gasteiger partial charge in [-0.2, -0.15) is 13.2 Å². The van der Waals surface area contributed by atoms with E-state index in [4.69, 9.17) is 0 Å². The summed E-state index contributed by atoms with van der Waals surface area (Å²) in [5, 5.41) is 0. The van der Waals surface area contributed by atoms with Crippen molar-refractivity contribution in [2.75, 3.05) is 13.3 Å². The number of benzene rings is 1. The fourth-order valence-electron chi connectivity index (χ4n) is 2.20. The van der Waals surface area contributed by atoms with Gasteiger partial charge in [0.15, 0.2) is 0 Å². The van der Waals surface area contributed by atoms with Crippen LogP contribution in [0, 0.1) is 6.92 Å². The minimum Gasteiger partial charge on any atom is -0.251 e. The monoisotopic (exact) mass is 280 g/mol. The Balaban J connectivity index is 3.16. The summed E-state index contributed by atoms with van der Waals surface area (Å²) in [6, 6.07) is 2.98. The molecular weight excluding hydrogens is 263 g/mol. The minimum absolute atomic E-state index is 0.0651. The van der Waals surface area contributed by atoms with Gasteiger partial charge in [-0.1, -0.05) is 12.1 Å². The molecule has 19 heavy (non-hydrogen) atoms. The fraction of sp³-hybridized carbons (Fsp3) is 0.571. The van der Waals surface area contributed by atoms with E-state index in [1.54, 1.807) is 6.07 Å². The predicted molar refractivity (Wildman–Crippen MR) is 64.8 cm³/mol. The molecular formula is C14H17F5. The Hall–Kier alpha value is -1.13. The summed E-state index contributed by atoms with van der Waals surface area (Å²) >= 11 is 0. The zero-order valence-electron chi connectivity index (χ0n) is 10.8. The van der Waals surface area contributed by atoms with Crippen molar-refractivity contribution in [3.63, 3.8) is 0 Å². The Morgan fingerprint density at radius 2 is 1.37 bits per heavy atom. The van der Waals surface area contributed by atoms with E-state index in [1.807, 2.05) is 0 Å². The highest BCUT2D eigenvalue weighted by Crippen LogP contribution is 2.36. The molecule has 0 bridgehead atoms. The standard InChI is InChI=1S/C14H17F5/c1-10-11(4-2-8-15)6-7-12(5-3-9-16)13(10)14(17,18)19/h6-7H,2-5,8-9H2,1H3. The largest absolute Gasteiger partial charge is 0.416 e. The van der Waals surface area contributed by atoms with Gasteiger partial charge in [0.1, 0.15) is 0 Å². The van der Waals surface area contributed by atoms with Crippen molar-refractivity contribution < 1.29 is 22.0 Å². The number of hydrogen-bond acceptors (Lipinski definition) is 0. The Bertz CT molecular complexity index is 409. The van der Waals surface area contributed by atoms with Gasteiger partial charge in [0.25, 0.3) is 0 Å². The summed E-state index contributed by atoms with van der Waals surface area (Å²) in [6.45, 7) is 0.208. The van der Waals surface area contributed by atoms with Crippen LogP contribution in [0.5, 0.6) is 0 Å². The second kappa shape index (κ2) is 6.87. The van der Waals surface area contributed by atoms with Gasteiger partial charge in [0, 0.05) is 0 Å². The average Bonchev–Trinajstić information content (AvgIpc) is 2.33. The zero-order valence-corrected chi connectivity index (χ0v) is 10.8. The van der Waals surface area contributed by atoms with Crippen molar-refractivity contribution in [2.24, 2.45) is 0 Å². The van der Waals surface area contributed by atoms with Crippen molar-refractivity contribution in [3.8, 4) is 0 Å². The van der Waals surface area contributed by atoms with Gasteiger partial charge in [-0.3, -0.25) is 8.78 Å². The molecule has 108 valence electrons. The predicted octanol–water partition coefficient (Wildman–Crippen LogP) is 4.82.